The van der Waals surface area contributed by atoms with Crippen LogP contribution in [0.4, 0.5) is 5.69 Å². The number of hydrogen-bond donors (Lipinski definition) is 1. The number of thiophene rings is 1. The smallest absolute Gasteiger partial charge is 0.256 e. The van der Waals surface area contributed by atoms with E-state index in [9.17, 15) is 9.59 Å². The van der Waals surface area contributed by atoms with Crippen LogP contribution in [0.2, 0.25) is 0 Å². The van der Waals surface area contributed by atoms with Crippen molar-refractivity contribution < 1.29 is 9.59 Å². The van der Waals surface area contributed by atoms with Crippen molar-refractivity contribution in [1.29, 1.82) is 0 Å². The number of aryl methyl sites for hydroxylation is 1. The summed E-state index contributed by atoms with van der Waals surface area (Å²) in [4.78, 5) is 31.4. The van der Waals surface area contributed by atoms with E-state index < -0.39 is 0 Å². The Labute approximate surface area is 194 Å². The molecule has 0 radical (unpaired) electrons. The molecule has 162 valence electrons. The Hall–Kier alpha value is -4.10. The molecule has 0 bridgehead atoms. The Morgan fingerprint density at radius 2 is 1.70 bits per heavy atom. The second kappa shape index (κ2) is 8.44. The van der Waals surface area contributed by atoms with Gasteiger partial charge in [0, 0.05) is 5.56 Å². The summed E-state index contributed by atoms with van der Waals surface area (Å²) < 4.78 is 1.77. The summed E-state index contributed by atoms with van der Waals surface area (Å²) in [7, 11) is 0. The molecule has 2 aromatic carbocycles. The molecule has 3 heterocycles. The summed E-state index contributed by atoms with van der Waals surface area (Å²) in [5.41, 5.74) is 4.26. The minimum absolute atomic E-state index is 0.113. The number of Topliss-reactive ketones (excluding diaryl/α,β-unsaturated/α-hetero) is 1. The molecule has 6 nitrogen and oxygen atoms in total. The van der Waals surface area contributed by atoms with Gasteiger partial charge in [0.15, 0.2) is 11.4 Å². The number of aromatic nitrogens is 3. The average molecular weight is 453 g/mol. The largest absolute Gasteiger partial charge is 0.321 e. The molecule has 0 spiro atoms. The first-order valence-electron chi connectivity index (χ1n) is 10.4. The van der Waals surface area contributed by atoms with Gasteiger partial charge in [0.1, 0.15) is 0 Å². The van der Waals surface area contributed by atoms with Gasteiger partial charge in [0.25, 0.3) is 5.91 Å². The van der Waals surface area contributed by atoms with Crippen LogP contribution < -0.4 is 5.32 Å². The number of carbonyl (C=O) groups excluding carboxylic acids is 2. The quantitative estimate of drug-likeness (QED) is 0.336. The number of ketones is 1. The van der Waals surface area contributed by atoms with E-state index in [1.54, 1.807) is 46.4 Å². The van der Waals surface area contributed by atoms with Crippen LogP contribution in [0, 0.1) is 6.92 Å². The van der Waals surface area contributed by atoms with Crippen LogP contribution in [0.3, 0.4) is 0 Å². The lowest BCUT2D eigenvalue weighted by Crippen LogP contribution is -2.15. The first-order chi connectivity index (χ1) is 16.0. The van der Waals surface area contributed by atoms with Gasteiger partial charge in [-0.05, 0) is 55.6 Å². The summed E-state index contributed by atoms with van der Waals surface area (Å²) in [6.07, 6.45) is 0. The number of para-hydroxylation sites is 2. The summed E-state index contributed by atoms with van der Waals surface area (Å²) in [6.45, 7) is 3.35. The van der Waals surface area contributed by atoms with Gasteiger partial charge >= 0.3 is 0 Å². The number of hydrogen-bond acceptors (Lipinski definition) is 5. The highest BCUT2D eigenvalue weighted by Gasteiger charge is 2.22. The molecule has 0 aliphatic carbocycles. The highest BCUT2D eigenvalue weighted by molar-refractivity contribution is 7.13. The molecule has 0 saturated carbocycles. The van der Waals surface area contributed by atoms with Crippen LogP contribution in [0.5, 0.6) is 0 Å². The summed E-state index contributed by atoms with van der Waals surface area (Å²) in [5.74, 6) is -0.428. The Kier molecular flexibility index (Phi) is 5.32. The SMILES string of the molecule is CC(=O)c1ccccc1NC(=O)c1cc(-c2cccs2)nc2c1c(C)nn2-c1ccccc1. The van der Waals surface area contributed by atoms with E-state index in [0.29, 0.717) is 39.2 Å². The van der Waals surface area contributed by atoms with Crippen molar-refractivity contribution >= 4 is 39.7 Å². The molecule has 0 saturated heterocycles. The topological polar surface area (TPSA) is 76.9 Å². The van der Waals surface area contributed by atoms with Crippen molar-refractivity contribution in [2.45, 2.75) is 13.8 Å². The molecule has 0 fully saturated rings. The van der Waals surface area contributed by atoms with Crippen LogP contribution in [-0.2, 0) is 0 Å². The maximum atomic E-state index is 13.5. The second-order valence-corrected chi connectivity index (χ2v) is 8.57. The van der Waals surface area contributed by atoms with E-state index in [1.807, 2.05) is 54.8 Å². The highest BCUT2D eigenvalue weighted by atomic mass is 32.1. The summed E-state index contributed by atoms with van der Waals surface area (Å²) in [5, 5.41) is 10.3. The second-order valence-electron chi connectivity index (χ2n) is 7.62. The first-order valence-corrected chi connectivity index (χ1v) is 11.3. The van der Waals surface area contributed by atoms with Crippen LogP contribution in [0.1, 0.15) is 33.3 Å². The zero-order valence-corrected chi connectivity index (χ0v) is 18.9. The number of anilines is 1. The number of nitrogens with zero attached hydrogens (tertiary/aromatic N) is 3. The number of benzene rings is 2. The van der Waals surface area contributed by atoms with Crippen molar-refractivity contribution in [2.75, 3.05) is 5.32 Å². The van der Waals surface area contributed by atoms with Crippen LogP contribution >= 0.6 is 11.3 Å². The van der Waals surface area contributed by atoms with E-state index >= 15 is 0 Å². The minimum atomic E-state index is -0.315. The van der Waals surface area contributed by atoms with Gasteiger partial charge in [-0.3, -0.25) is 9.59 Å². The molecule has 1 amide bonds. The number of rotatable bonds is 5. The maximum Gasteiger partial charge on any atom is 0.256 e. The molecule has 5 aromatic rings. The molecule has 7 heteroatoms. The van der Waals surface area contributed by atoms with Gasteiger partial charge < -0.3 is 5.32 Å². The fourth-order valence-electron chi connectivity index (χ4n) is 3.86. The molecule has 1 N–H and O–H groups in total. The van der Waals surface area contributed by atoms with Gasteiger partial charge in [-0.25, -0.2) is 9.67 Å². The van der Waals surface area contributed by atoms with E-state index in [1.165, 1.54) is 6.92 Å². The zero-order valence-electron chi connectivity index (χ0n) is 18.1. The third-order valence-corrected chi connectivity index (χ3v) is 6.28. The van der Waals surface area contributed by atoms with E-state index in [2.05, 4.69) is 5.32 Å². The Bertz CT molecular complexity index is 1490. The minimum Gasteiger partial charge on any atom is -0.321 e. The molecular weight excluding hydrogens is 432 g/mol. The number of carbonyl (C=O) groups is 2. The number of amides is 1. The number of fused-ring (bicyclic) bond motifs is 1. The lowest BCUT2D eigenvalue weighted by Gasteiger charge is -2.11. The maximum absolute atomic E-state index is 13.5. The Morgan fingerprint density at radius 3 is 2.42 bits per heavy atom. The Morgan fingerprint density at radius 1 is 0.939 bits per heavy atom. The predicted octanol–water partition coefficient (Wildman–Crippen LogP) is 5.91. The average Bonchev–Trinajstić information content (AvgIpc) is 3.48. The van der Waals surface area contributed by atoms with Crippen LogP contribution in [0.15, 0.2) is 78.2 Å². The fraction of sp³-hybridized carbons (Fsp3) is 0.0769. The molecule has 0 atom stereocenters. The van der Waals surface area contributed by atoms with E-state index in [0.717, 1.165) is 10.6 Å². The summed E-state index contributed by atoms with van der Waals surface area (Å²) >= 11 is 1.56. The van der Waals surface area contributed by atoms with Crippen molar-refractivity contribution in [3.63, 3.8) is 0 Å². The molecule has 0 aliphatic heterocycles. The van der Waals surface area contributed by atoms with Gasteiger partial charge in [0.2, 0.25) is 0 Å². The summed E-state index contributed by atoms with van der Waals surface area (Å²) in [6, 6.07) is 22.4. The van der Waals surface area contributed by atoms with Crippen molar-refractivity contribution in [2.24, 2.45) is 0 Å². The number of pyridine rings is 1. The highest BCUT2D eigenvalue weighted by Crippen LogP contribution is 2.31. The van der Waals surface area contributed by atoms with Gasteiger partial charge in [-0.15, -0.1) is 11.3 Å². The molecule has 5 rings (SSSR count). The third kappa shape index (κ3) is 3.83. The van der Waals surface area contributed by atoms with Gasteiger partial charge in [-0.2, -0.15) is 5.10 Å². The predicted molar refractivity (Wildman–Crippen MR) is 131 cm³/mol. The van der Waals surface area contributed by atoms with E-state index in [-0.39, 0.29) is 11.7 Å². The molecule has 33 heavy (non-hydrogen) atoms. The standard InChI is InChI=1S/C26H20N4O2S/c1-16-24-20(26(32)28-21-12-7-6-11-19(21)17(2)31)15-22(23-13-8-14-33-23)27-25(24)30(29-16)18-9-4-3-5-10-18/h3-15H,1-2H3,(H,28,32). The molecule has 3 aromatic heterocycles. The lowest BCUT2D eigenvalue weighted by atomic mass is 10.1. The number of nitrogens with one attached hydrogen (secondary N) is 1. The monoisotopic (exact) mass is 452 g/mol. The normalized spacial score (nSPS) is 11.0. The van der Waals surface area contributed by atoms with Gasteiger partial charge in [-0.1, -0.05) is 36.4 Å². The van der Waals surface area contributed by atoms with Crippen molar-refractivity contribution in [3.8, 4) is 16.3 Å². The lowest BCUT2D eigenvalue weighted by molar-refractivity contribution is 0.101. The van der Waals surface area contributed by atoms with Gasteiger partial charge in [0.05, 0.1) is 38.6 Å². The van der Waals surface area contributed by atoms with Crippen LogP contribution in [-0.4, -0.2) is 26.5 Å². The molecule has 0 unspecified atom stereocenters. The van der Waals surface area contributed by atoms with E-state index in [4.69, 9.17) is 10.1 Å². The fourth-order valence-corrected chi connectivity index (χ4v) is 4.54. The molecular formula is C26H20N4O2S. The molecule has 0 aliphatic rings. The zero-order chi connectivity index (χ0) is 22.9. The third-order valence-electron chi connectivity index (χ3n) is 5.39. The van der Waals surface area contributed by atoms with Crippen LogP contribution in [0.25, 0.3) is 27.3 Å². The first kappa shape index (κ1) is 20.8. The Balaban J connectivity index is 1.71. The van der Waals surface area contributed by atoms with Crippen molar-refractivity contribution in [1.82, 2.24) is 14.8 Å². The van der Waals surface area contributed by atoms with Crippen molar-refractivity contribution in [3.05, 3.63) is 95.0 Å².